The summed E-state index contributed by atoms with van der Waals surface area (Å²) < 4.78 is 0. The molecule has 0 bridgehead atoms. The molecule has 7 heteroatoms. The molecule has 2 aromatic carbocycles. The van der Waals surface area contributed by atoms with Gasteiger partial charge in [0.1, 0.15) is 5.82 Å². The third-order valence-corrected chi connectivity index (χ3v) is 5.85. The van der Waals surface area contributed by atoms with E-state index in [1.165, 1.54) is 0 Å². The van der Waals surface area contributed by atoms with Crippen molar-refractivity contribution in [1.82, 2.24) is 14.9 Å². The number of hydrogen-bond donors (Lipinski definition) is 2. The minimum absolute atomic E-state index is 0.524. The summed E-state index contributed by atoms with van der Waals surface area (Å²) in [4.78, 5) is 13.8. The predicted molar refractivity (Wildman–Crippen MR) is 140 cm³/mol. The van der Waals surface area contributed by atoms with Crippen LogP contribution in [0.1, 0.15) is 11.3 Å². The van der Waals surface area contributed by atoms with E-state index in [0.29, 0.717) is 10.7 Å². The number of aryl methyl sites for hydroxylation is 2. The highest BCUT2D eigenvalue weighted by Crippen LogP contribution is 2.37. The second-order valence-electron chi connectivity index (χ2n) is 8.44. The highest BCUT2D eigenvalue weighted by molar-refractivity contribution is 6.35. The normalized spacial score (nSPS) is 11.2. The molecule has 2 aromatic heterocycles. The first-order valence-electron chi connectivity index (χ1n) is 10.9. The van der Waals surface area contributed by atoms with E-state index in [9.17, 15) is 0 Å². The fourth-order valence-electron chi connectivity index (χ4n) is 3.84. The third kappa shape index (κ3) is 5.02. The molecule has 0 radical (unpaired) electrons. The van der Waals surface area contributed by atoms with Crippen molar-refractivity contribution in [2.24, 2.45) is 0 Å². The maximum absolute atomic E-state index is 6.37. The van der Waals surface area contributed by atoms with Gasteiger partial charge >= 0.3 is 0 Å². The number of nitrogens with zero attached hydrogens (tertiary/aromatic N) is 4. The number of nitrogen functional groups attached to an aromatic ring is 1. The van der Waals surface area contributed by atoms with Crippen LogP contribution in [0.3, 0.4) is 0 Å². The van der Waals surface area contributed by atoms with Gasteiger partial charge in [-0.3, -0.25) is 4.98 Å². The van der Waals surface area contributed by atoms with Crippen LogP contribution in [-0.2, 0) is 0 Å². The van der Waals surface area contributed by atoms with Gasteiger partial charge in [-0.2, -0.15) is 0 Å². The first-order chi connectivity index (χ1) is 15.8. The third-order valence-electron chi connectivity index (χ3n) is 5.53. The van der Waals surface area contributed by atoms with Gasteiger partial charge in [0.25, 0.3) is 0 Å². The topological polar surface area (TPSA) is 70.3 Å². The molecule has 0 aliphatic rings. The van der Waals surface area contributed by atoms with Crippen molar-refractivity contribution in [3.63, 3.8) is 0 Å². The molecule has 4 rings (SSSR count). The number of likely N-dealkylation sites (N-methyl/N-ethyl adjacent to an activating group) is 1. The Morgan fingerprint density at radius 2 is 1.76 bits per heavy atom. The lowest BCUT2D eigenvalue weighted by atomic mass is 10.1. The maximum Gasteiger partial charge on any atom is 0.133 e. The van der Waals surface area contributed by atoms with Crippen LogP contribution in [-0.4, -0.2) is 42.1 Å². The van der Waals surface area contributed by atoms with Crippen molar-refractivity contribution in [3.05, 3.63) is 77.1 Å². The van der Waals surface area contributed by atoms with E-state index in [2.05, 4.69) is 46.3 Å². The zero-order chi connectivity index (χ0) is 23.5. The van der Waals surface area contributed by atoms with E-state index in [1.807, 2.05) is 62.5 Å². The number of para-hydroxylation sites is 1. The molecular formula is C26H29ClN6. The summed E-state index contributed by atoms with van der Waals surface area (Å²) in [5.74, 6) is 0.891. The zero-order valence-corrected chi connectivity index (χ0v) is 20.2. The molecule has 0 unspecified atom stereocenters. The smallest absolute Gasteiger partial charge is 0.133 e. The van der Waals surface area contributed by atoms with Gasteiger partial charge in [-0.25, -0.2) is 4.98 Å². The Kier molecular flexibility index (Phi) is 6.67. The van der Waals surface area contributed by atoms with Gasteiger partial charge < -0.3 is 20.9 Å². The SMILES string of the molecule is Cc1cc(Nc2ccc(N(CCN(C)C)c3ccccc3)nc2)c2c(N)c(Cl)cc(C)c2n1. The molecule has 4 aromatic rings. The van der Waals surface area contributed by atoms with Gasteiger partial charge in [0.05, 0.1) is 33.8 Å². The average molecular weight is 461 g/mol. The molecule has 0 saturated carbocycles. The van der Waals surface area contributed by atoms with Crippen LogP contribution in [0.25, 0.3) is 10.9 Å². The van der Waals surface area contributed by atoms with Crippen molar-refractivity contribution < 1.29 is 0 Å². The van der Waals surface area contributed by atoms with Crippen molar-refractivity contribution in [1.29, 1.82) is 0 Å². The van der Waals surface area contributed by atoms with Crippen molar-refractivity contribution in [2.75, 3.05) is 43.1 Å². The molecular weight excluding hydrogens is 432 g/mol. The van der Waals surface area contributed by atoms with Gasteiger partial charge in [-0.05, 0) is 69.9 Å². The number of fused-ring (bicyclic) bond motifs is 1. The summed E-state index contributed by atoms with van der Waals surface area (Å²) in [5, 5.41) is 4.83. The minimum Gasteiger partial charge on any atom is -0.397 e. The molecule has 0 spiro atoms. The van der Waals surface area contributed by atoms with Gasteiger partial charge in [0.2, 0.25) is 0 Å². The number of anilines is 5. The Bertz CT molecular complexity index is 1260. The number of aromatic nitrogens is 2. The predicted octanol–water partition coefficient (Wildman–Crippen LogP) is 5.93. The maximum atomic E-state index is 6.37. The van der Waals surface area contributed by atoms with E-state index in [1.54, 1.807) is 0 Å². The average Bonchev–Trinajstić information content (AvgIpc) is 2.79. The first kappa shape index (κ1) is 22.8. The fraction of sp³-hybridized carbons (Fsp3) is 0.231. The highest BCUT2D eigenvalue weighted by Gasteiger charge is 2.15. The van der Waals surface area contributed by atoms with Crippen LogP contribution in [0.4, 0.5) is 28.6 Å². The number of hydrogen-bond acceptors (Lipinski definition) is 6. The molecule has 0 aliphatic heterocycles. The quantitative estimate of drug-likeness (QED) is 0.333. The van der Waals surface area contributed by atoms with Crippen molar-refractivity contribution in [3.8, 4) is 0 Å². The van der Waals surface area contributed by atoms with Crippen molar-refractivity contribution >= 4 is 51.1 Å². The van der Waals surface area contributed by atoms with Gasteiger partial charge in [0, 0.05) is 29.9 Å². The molecule has 0 fully saturated rings. The standard InChI is InChI=1S/C26H29ClN6/c1-17-14-21(27)25(28)24-22(15-18(2)30-26(17)24)31-19-10-11-23(29-16-19)33(13-12-32(3)4)20-8-6-5-7-9-20/h5-11,14-16H,12-13,28H2,1-4H3,(H,30,31). The Morgan fingerprint density at radius 1 is 1.00 bits per heavy atom. The molecule has 170 valence electrons. The Hall–Kier alpha value is -3.35. The van der Waals surface area contributed by atoms with Gasteiger partial charge in [0.15, 0.2) is 0 Å². The number of nitrogens with one attached hydrogen (secondary N) is 1. The molecule has 0 aliphatic carbocycles. The van der Waals surface area contributed by atoms with Crippen LogP contribution in [0.5, 0.6) is 0 Å². The number of halogens is 1. The highest BCUT2D eigenvalue weighted by atomic mass is 35.5. The Morgan fingerprint density at radius 3 is 2.42 bits per heavy atom. The Labute approximate surface area is 200 Å². The monoisotopic (exact) mass is 460 g/mol. The molecule has 0 saturated heterocycles. The summed E-state index contributed by atoms with van der Waals surface area (Å²) in [6.45, 7) is 5.71. The summed E-state index contributed by atoms with van der Waals surface area (Å²) in [7, 11) is 4.15. The molecule has 3 N–H and O–H groups in total. The fourth-order valence-corrected chi connectivity index (χ4v) is 4.10. The van der Waals surface area contributed by atoms with Crippen LogP contribution < -0.4 is 16.0 Å². The lowest BCUT2D eigenvalue weighted by molar-refractivity contribution is 0.418. The van der Waals surface area contributed by atoms with Gasteiger partial charge in [-0.15, -0.1) is 0 Å². The van der Waals surface area contributed by atoms with Crippen LogP contribution >= 0.6 is 11.6 Å². The number of pyridine rings is 2. The van der Waals surface area contributed by atoms with Gasteiger partial charge in [-0.1, -0.05) is 29.8 Å². The van der Waals surface area contributed by atoms with Crippen LogP contribution in [0, 0.1) is 13.8 Å². The summed E-state index contributed by atoms with van der Waals surface area (Å²) in [5.41, 5.74) is 12.4. The number of benzene rings is 2. The van der Waals surface area contributed by atoms with E-state index >= 15 is 0 Å². The molecule has 0 atom stereocenters. The molecule has 6 nitrogen and oxygen atoms in total. The largest absolute Gasteiger partial charge is 0.397 e. The zero-order valence-electron chi connectivity index (χ0n) is 19.4. The summed E-state index contributed by atoms with van der Waals surface area (Å²) in [6, 6.07) is 18.2. The molecule has 0 amide bonds. The van der Waals surface area contributed by atoms with E-state index in [-0.39, 0.29) is 0 Å². The minimum atomic E-state index is 0.524. The number of rotatable bonds is 7. The second kappa shape index (κ2) is 9.65. The molecule has 2 heterocycles. The number of nitrogens with two attached hydrogens (primary N) is 1. The first-order valence-corrected chi connectivity index (χ1v) is 11.3. The van der Waals surface area contributed by atoms with Crippen LogP contribution in [0.15, 0.2) is 60.8 Å². The van der Waals surface area contributed by atoms with E-state index in [0.717, 1.165) is 58.1 Å². The molecule has 33 heavy (non-hydrogen) atoms. The summed E-state index contributed by atoms with van der Waals surface area (Å²) >= 11 is 6.37. The van der Waals surface area contributed by atoms with Crippen molar-refractivity contribution in [2.45, 2.75) is 13.8 Å². The Balaban J connectivity index is 1.67. The second-order valence-corrected chi connectivity index (χ2v) is 8.85. The van der Waals surface area contributed by atoms with E-state index < -0.39 is 0 Å². The van der Waals surface area contributed by atoms with Crippen LogP contribution in [0.2, 0.25) is 5.02 Å². The lowest BCUT2D eigenvalue weighted by Gasteiger charge is -2.25. The lowest BCUT2D eigenvalue weighted by Crippen LogP contribution is -2.28. The summed E-state index contributed by atoms with van der Waals surface area (Å²) in [6.07, 6.45) is 1.84. The van der Waals surface area contributed by atoms with E-state index in [4.69, 9.17) is 22.3 Å².